The number of sulfonamides is 1. The molecule has 2 aromatic carbocycles. The molecule has 1 heterocycles. The maximum atomic E-state index is 13.0. The van der Waals surface area contributed by atoms with Crippen molar-refractivity contribution in [3.05, 3.63) is 59.7 Å². The SMILES string of the molecule is CCC1CCCCN1C(=O)c1cccc(S(=O)(=O)Nc2cccc(C)c2)c1. The van der Waals surface area contributed by atoms with E-state index in [0.717, 1.165) is 37.8 Å². The summed E-state index contributed by atoms with van der Waals surface area (Å²) >= 11 is 0. The zero-order valence-corrected chi connectivity index (χ0v) is 16.6. The third-order valence-corrected chi connectivity index (χ3v) is 6.40. The number of carbonyl (C=O) groups is 1. The van der Waals surface area contributed by atoms with Gasteiger partial charge in [-0.25, -0.2) is 8.42 Å². The molecule has 1 aliphatic heterocycles. The Labute approximate surface area is 161 Å². The van der Waals surface area contributed by atoms with E-state index in [9.17, 15) is 13.2 Å². The number of benzene rings is 2. The molecule has 0 aliphatic carbocycles. The Morgan fingerprint density at radius 2 is 1.93 bits per heavy atom. The largest absolute Gasteiger partial charge is 0.336 e. The van der Waals surface area contributed by atoms with Gasteiger partial charge in [-0.2, -0.15) is 0 Å². The van der Waals surface area contributed by atoms with Crippen LogP contribution in [0.1, 0.15) is 48.5 Å². The molecule has 1 fully saturated rings. The lowest BCUT2D eigenvalue weighted by molar-refractivity contribution is 0.0608. The number of piperidine rings is 1. The van der Waals surface area contributed by atoms with Gasteiger partial charge in [0.2, 0.25) is 0 Å². The Balaban J connectivity index is 1.85. The summed E-state index contributed by atoms with van der Waals surface area (Å²) in [6, 6.07) is 13.7. The van der Waals surface area contributed by atoms with Crippen LogP contribution in [0.2, 0.25) is 0 Å². The van der Waals surface area contributed by atoms with Crippen LogP contribution in [0, 0.1) is 6.92 Å². The Morgan fingerprint density at radius 3 is 2.67 bits per heavy atom. The molecule has 1 aliphatic rings. The molecule has 1 amide bonds. The fourth-order valence-corrected chi connectivity index (χ4v) is 4.67. The van der Waals surface area contributed by atoms with Gasteiger partial charge < -0.3 is 4.90 Å². The molecule has 144 valence electrons. The highest BCUT2D eigenvalue weighted by Gasteiger charge is 2.27. The van der Waals surface area contributed by atoms with Crippen LogP contribution < -0.4 is 4.72 Å². The summed E-state index contributed by atoms with van der Waals surface area (Å²) in [5, 5.41) is 0. The van der Waals surface area contributed by atoms with Crippen LogP contribution in [-0.4, -0.2) is 31.8 Å². The maximum Gasteiger partial charge on any atom is 0.261 e. The number of nitrogens with one attached hydrogen (secondary N) is 1. The number of likely N-dealkylation sites (tertiary alicyclic amines) is 1. The lowest BCUT2D eigenvalue weighted by Crippen LogP contribution is -2.43. The van der Waals surface area contributed by atoms with Gasteiger partial charge in [0.15, 0.2) is 0 Å². The molecule has 2 aromatic rings. The van der Waals surface area contributed by atoms with Crippen molar-refractivity contribution in [1.82, 2.24) is 4.90 Å². The second kappa shape index (κ2) is 8.13. The molecule has 0 aromatic heterocycles. The van der Waals surface area contributed by atoms with Crippen LogP contribution in [0.15, 0.2) is 53.4 Å². The van der Waals surface area contributed by atoms with Crippen molar-refractivity contribution < 1.29 is 13.2 Å². The Morgan fingerprint density at radius 1 is 1.15 bits per heavy atom. The summed E-state index contributed by atoms with van der Waals surface area (Å²) in [7, 11) is -3.76. The predicted octanol–water partition coefficient (Wildman–Crippen LogP) is 4.20. The first-order valence-corrected chi connectivity index (χ1v) is 10.9. The van der Waals surface area contributed by atoms with Gasteiger partial charge in [-0.3, -0.25) is 9.52 Å². The first-order valence-electron chi connectivity index (χ1n) is 9.41. The Hall–Kier alpha value is -2.34. The first kappa shape index (κ1) is 19.4. The van der Waals surface area contributed by atoms with E-state index in [1.165, 1.54) is 12.1 Å². The molecule has 0 saturated carbocycles. The van der Waals surface area contributed by atoms with Crippen LogP contribution in [0.3, 0.4) is 0 Å². The van der Waals surface area contributed by atoms with Crippen molar-refractivity contribution >= 4 is 21.6 Å². The van der Waals surface area contributed by atoms with Crippen molar-refractivity contribution in [3.63, 3.8) is 0 Å². The molecule has 1 atom stereocenters. The molecule has 1 unspecified atom stereocenters. The van der Waals surface area contributed by atoms with Gasteiger partial charge in [0.1, 0.15) is 0 Å². The lowest BCUT2D eigenvalue weighted by atomic mass is 9.99. The van der Waals surface area contributed by atoms with Crippen molar-refractivity contribution in [3.8, 4) is 0 Å². The smallest absolute Gasteiger partial charge is 0.261 e. The fraction of sp³-hybridized carbons (Fsp3) is 0.381. The number of hydrogen-bond acceptors (Lipinski definition) is 3. The molecule has 0 spiro atoms. The zero-order chi connectivity index (χ0) is 19.4. The van der Waals surface area contributed by atoms with E-state index < -0.39 is 10.0 Å². The van der Waals surface area contributed by atoms with Gasteiger partial charge in [0, 0.05) is 23.8 Å². The van der Waals surface area contributed by atoms with Crippen molar-refractivity contribution in [2.75, 3.05) is 11.3 Å². The minimum absolute atomic E-state index is 0.0887. The van der Waals surface area contributed by atoms with Gasteiger partial charge in [-0.1, -0.05) is 25.1 Å². The highest BCUT2D eigenvalue weighted by Crippen LogP contribution is 2.23. The number of rotatable bonds is 5. The van der Waals surface area contributed by atoms with E-state index in [-0.39, 0.29) is 16.8 Å². The molecule has 1 saturated heterocycles. The van der Waals surface area contributed by atoms with Crippen molar-refractivity contribution in [2.24, 2.45) is 0 Å². The molecule has 27 heavy (non-hydrogen) atoms. The summed E-state index contributed by atoms with van der Waals surface area (Å²) in [6.07, 6.45) is 4.06. The third-order valence-electron chi connectivity index (χ3n) is 5.02. The summed E-state index contributed by atoms with van der Waals surface area (Å²) in [5.74, 6) is -0.0887. The van der Waals surface area contributed by atoms with Crippen LogP contribution in [0.25, 0.3) is 0 Å². The number of amides is 1. The molecule has 3 rings (SSSR count). The second-order valence-electron chi connectivity index (χ2n) is 7.06. The van der Waals surface area contributed by atoms with E-state index in [0.29, 0.717) is 11.3 Å². The minimum Gasteiger partial charge on any atom is -0.336 e. The summed E-state index contributed by atoms with van der Waals surface area (Å²) in [5.41, 5.74) is 1.89. The van der Waals surface area contributed by atoms with Crippen LogP contribution in [0.4, 0.5) is 5.69 Å². The molecule has 0 bridgehead atoms. The lowest BCUT2D eigenvalue weighted by Gasteiger charge is -2.35. The highest BCUT2D eigenvalue weighted by molar-refractivity contribution is 7.92. The number of aryl methyl sites for hydroxylation is 1. The summed E-state index contributed by atoms with van der Waals surface area (Å²) < 4.78 is 28.1. The Kier molecular flexibility index (Phi) is 5.85. The molecule has 6 heteroatoms. The van der Waals surface area contributed by atoms with Crippen molar-refractivity contribution in [1.29, 1.82) is 0 Å². The number of nitrogens with zero attached hydrogens (tertiary/aromatic N) is 1. The maximum absolute atomic E-state index is 13.0. The van der Waals surface area contributed by atoms with Gasteiger partial charge in [-0.05, 0) is 68.5 Å². The number of carbonyl (C=O) groups excluding carboxylic acids is 1. The Bertz CT molecular complexity index is 925. The van der Waals surface area contributed by atoms with E-state index in [4.69, 9.17) is 0 Å². The van der Waals surface area contributed by atoms with Crippen LogP contribution in [-0.2, 0) is 10.0 Å². The average Bonchev–Trinajstić information content (AvgIpc) is 2.67. The zero-order valence-electron chi connectivity index (χ0n) is 15.8. The minimum atomic E-state index is -3.76. The second-order valence-corrected chi connectivity index (χ2v) is 8.74. The first-order chi connectivity index (χ1) is 12.9. The summed E-state index contributed by atoms with van der Waals surface area (Å²) in [6.45, 7) is 4.72. The van der Waals surface area contributed by atoms with E-state index in [1.807, 2.05) is 17.9 Å². The summed E-state index contributed by atoms with van der Waals surface area (Å²) in [4.78, 5) is 15.0. The molecular weight excluding hydrogens is 360 g/mol. The highest BCUT2D eigenvalue weighted by atomic mass is 32.2. The standard InChI is InChI=1S/C21H26N2O3S/c1-3-19-11-4-5-13-23(19)21(24)17-9-7-12-20(15-17)27(25,26)22-18-10-6-8-16(2)14-18/h6-10,12,14-15,19,22H,3-5,11,13H2,1-2H3. The molecule has 1 N–H and O–H groups in total. The fourth-order valence-electron chi connectivity index (χ4n) is 3.58. The molecular formula is C21H26N2O3S. The number of anilines is 1. The van der Waals surface area contributed by atoms with Crippen LogP contribution >= 0.6 is 0 Å². The topological polar surface area (TPSA) is 66.5 Å². The third kappa shape index (κ3) is 4.50. The quantitative estimate of drug-likeness (QED) is 0.837. The van der Waals surface area contributed by atoms with Gasteiger partial charge >= 0.3 is 0 Å². The monoisotopic (exact) mass is 386 g/mol. The number of hydrogen-bond donors (Lipinski definition) is 1. The van der Waals surface area contributed by atoms with Crippen LogP contribution in [0.5, 0.6) is 0 Å². The van der Waals surface area contributed by atoms with Gasteiger partial charge in [-0.15, -0.1) is 0 Å². The average molecular weight is 387 g/mol. The van der Waals surface area contributed by atoms with Crippen molar-refractivity contribution in [2.45, 2.75) is 50.5 Å². The van der Waals surface area contributed by atoms with E-state index in [1.54, 1.807) is 30.3 Å². The predicted molar refractivity (Wildman–Crippen MR) is 107 cm³/mol. The van der Waals surface area contributed by atoms with Gasteiger partial charge in [0.25, 0.3) is 15.9 Å². The van der Waals surface area contributed by atoms with E-state index >= 15 is 0 Å². The van der Waals surface area contributed by atoms with E-state index in [2.05, 4.69) is 11.6 Å². The van der Waals surface area contributed by atoms with Gasteiger partial charge in [0.05, 0.1) is 4.90 Å². The molecule has 0 radical (unpaired) electrons. The molecule has 5 nitrogen and oxygen atoms in total. The normalized spacial score (nSPS) is 17.6.